The summed E-state index contributed by atoms with van der Waals surface area (Å²) in [5.74, 6) is 0.0112. The summed E-state index contributed by atoms with van der Waals surface area (Å²) in [6.07, 6.45) is 1.54. The molecule has 2 aromatic carbocycles. The summed E-state index contributed by atoms with van der Waals surface area (Å²) in [5, 5.41) is 12.3. The SMILES string of the molecule is COc1ccc(NC(=O)/C(C#N)=C/c2ccc(N(C)C)cc2)cc1Cl. The fourth-order valence-corrected chi connectivity index (χ4v) is 2.38. The molecule has 0 aliphatic rings. The van der Waals surface area contributed by atoms with Crippen molar-refractivity contribution in [2.75, 3.05) is 31.4 Å². The number of nitrogens with zero attached hydrogens (tertiary/aromatic N) is 2. The van der Waals surface area contributed by atoms with Gasteiger partial charge in [-0.3, -0.25) is 4.79 Å². The van der Waals surface area contributed by atoms with Crippen LogP contribution in [-0.2, 0) is 4.79 Å². The third-order valence-electron chi connectivity index (χ3n) is 3.50. The van der Waals surface area contributed by atoms with E-state index < -0.39 is 5.91 Å². The summed E-state index contributed by atoms with van der Waals surface area (Å²) in [6, 6.07) is 14.3. The quantitative estimate of drug-likeness (QED) is 0.651. The molecule has 0 fully saturated rings. The Labute approximate surface area is 152 Å². The van der Waals surface area contributed by atoms with Crippen molar-refractivity contribution in [3.63, 3.8) is 0 Å². The van der Waals surface area contributed by atoms with E-state index in [1.807, 2.05) is 49.3 Å². The van der Waals surface area contributed by atoms with Gasteiger partial charge in [0.1, 0.15) is 17.4 Å². The van der Waals surface area contributed by atoms with Gasteiger partial charge in [0.05, 0.1) is 12.1 Å². The Kier molecular flexibility index (Phi) is 6.04. The Morgan fingerprint density at radius 3 is 2.44 bits per heavy atom. The molecule has 0 aliphatic carbocycles. The van der Waals surface area contributed by atoms with Crippen molar-refractivity contribution in [2.45, 2.75) is 0 Å². The number of hydrogen-bond acceptors (Lipinski definition) is 4. The van der Waals surface area contributed by atoms with Crippen molar-refractivity contribution in [2.24, 2.45) is 0 Å². The summed E-state index contributed by atoms with van der Waals surface area (Å²) in [7, 11) is 5.40. The average molecular weight is 356 g/mol. The second-order valence-corrected chi connectivity index (χ2v) is 5.87. The van der Waals surface area contributed by atoms with Crippen molar-refractivity contribution < 1.29 is 9.53 Å². The maximum absolute atomic E-state index is 12.3. The fraction of sp³-hybridized carbons (Fsp3) is 0.158. The van der Waals surface area contributed by atoms with Crippen molar-refractivity contribution in [3.05, 3.63) is 58.6 Å². The van der Waals surface area contributed by atoms with Crippen LogP contribution in [0.4, 0.5) is 11.4 Å². The first-order valence-corrected chi connectivity index (χ1v) is 7.86. The molecular formula is C19H18ClN3O2. The average Bonchev–Trinajstić information content (AvgIpc) is 2.60. The fourth-order valence-electron chi connectivity index (χ4n) is 2.13. The van der Waals surface area contributed by atoms with Crippen molar-refractivity contribution in [1.29, 1.82) is 5.26 Å². The zero-order chi connectivity index (χ0) is 18.4. The summed E-state index contributed by atoms with van der Waals surface area (Å²) in [6.45, 7) is 0. The van der Waals surface area contributed by atoms with Gasteiger partial charge in [-0.1, -0.05) is 23.7 Å². The van der Waals surface area contributed by atoms with E-state index in [2.05, 4.69) is 5.32 Å². The smallest absolute Gasteiger partial charge is 0.266 e. The van der Waals surface area contributed by atoms with E-state index in [1.165, 1.54) is 7.11 Å². The third-order valence-corrected chi connectivity index (χ3v) is 3.79. The molecular weight excluding hydrogens is 338 g/mol. The third kappa shape index (κ3) is 4.75. The standard InChI is InChI=1S/C19H18ClN3O2/c1-23(2)16-7-4-13(5-8-16)10-14(12-21)19(24)22-15-6-9-18(25-3)17(20)11-15/h4-11H,1-3H3,(H,22,24)/b14-10+. The minimum atomic E-state index is -0.500. The lowest BCUT2D eigenvalue weighted by molar-refractivity contribution is -0.112. The van der Waals surface area contributed by atoms with Gasteiger partial charge in [-0.15, -0.1) is 0 Å². The summed E-state index contributed by atoms with van der Waals surface area (Å²) >= 11 is 6.04. The molecule has 6 heteroatoms. The molecule has 2 aromatic rings. The van der Waals surface area contributed by atoms with E-state index in [9.17, 15) is 10.1 Å². The topological polar surface area (TPSA) is 65.4 Å². The highest BCUT2D eigenvalue weighted by atomic mass is 35.5. The number of anilines is 2. The highest BCUT2D eigenvalue weighted by Gasteiger charge is 2.11. The van der Waals surface area contributed by atoms with Gasteiger partial charge < -0.3 is 15.0 Å². The molecule has 2 rings (SSSR count). The second kappa shape index (κ2) is 8.22. The molecule has 0 spiro atoms. The molecule has 0 atom stereocenters. The number of nitrogens with one attached hydrogen (secondary N) is 1. The number of ether oxygens (including phenoxy) is 1. The van der Waals surface area contributed by atoms with E-state index in [0.717, 1.165) is 11.3 Å². The molecule has 5 nitrogen and oxygen atoms in total. The van der Waals surface area contributed by atoms with Gasteiger partial charge in [-0.2, -0.15) is 5.26 Å². The van der Waals surface area contributed by atoms with Gasteiger partial charge in [-0.25, -0.2) is 0 Å². The van der Waals surface area contributed by atoms with Crippen LogP contribution in [0.5, 0.6) is 5.75 Å². The number of carbonyl (C=O) groups is 1. The maximum Gasteiger partial charge on any atom is 0.266 e. The molecule has 1 N–H and O–H groups in total. The van der Waals surface area contributed by atoms with Crippen LogP contribution in [0.3, 0.4) is 0 Å². The van der Waals surface area contributed by atoms with Crippen LogP contribution in [0.1, 0.15) is 5.56 Å². The van der Waals surface area contributed by atoms with Gasteiger partial charge in [0.25, 0.3) is 5.91 Å². The molecule has 128 valence electrons. The number of nitriles is 1. The van der Waals surface area contributed by atoms with Gasteiger partial charge in [0.2, 0.25) is 0 Å². The zero-order valence-electron chi connectivity index (χ0n) is 14.2. The highest BCUT2D eigenvalue weighted by molar-refractivity contribution is 6.32. The number of halogens is 1. The van der Waals surface area contributed by atoms with Crippen molar-refractivity contribution >= 4 is 35.0 Å². The lowest BCUT2D eigenvalue weighted by Crippen LogP contribution is -2.13. The molecule has 0 aromatic heterocycles. The van der Waals surface area contributed by atoms with Gasteiger partial charge in [-0.05, 0) is 42.0 Å². The second-order valence-electron chi connectivity index (χ2n) is 5.46. The van der Waals surface area contributed by atoms with E-state index in [4.69, 9.17) is 16.3 Å². The number of hydrogen-bond donors (Lipinski definition) is 1. The van der Waals surface area contributed by atoms with Crippen molar-refractivity contribution in [1.82, 2.24) is 0 Å². The van der Waals surface area contributed by atoms with Crippen LogP contribution in [0.25, 0.3) is 6.08 Å². The van der Waals surface area contributed by atoms with Crippen LogP contribution in [0.15, 0.2) is 48.0 Å². The largest absolute Gasteiger partial charge is 0.495 e. The van der Waals surface area contributed by atoms with Gasteiger partial charge in [0.15, 0.2) is 0 Å². The number of rotatable bonds is 5. The van der Waals surface area contributed by atoms with Crippen LogP contribution in [0.2, 0.25) is 5.02 Å². The predicted octanol–water partition coefficient (Wildman–Crippen LogP) is 3.96. The Hall–Kier alpha value is -2.97. The van der Waals surface area contributed by atoms with Crippen LogP contribution in [-0.4, -0.2) is 27.1 Å². The molecule has 0 saturated carbocycles. The monoisotopic (exact) mass is 355 g/mol. The number of benzene rings is 2. The summed E-state index contributed by atoms with van der Waals surface area (Å²) in [5.41, 5.74) is 2.29. The first-order chi connectivity index (χ1) is 11.9. The minimum absolute atomic E-state index is 0.00421. The van der Waals surface area contributed by atoms with E-state index >= 15 is 0 Å². The van der Waals surface area contributed by atoms with E-state index in [1.54, 1.807) is 24.3 Å². The molecule has 0 radical (unpaired) electrons. The van der Waals surface area contributed by atoms with Crippen LogP contribution >= 0.6 is 11.6 Å². The number of methoxy groups -OCH3 is 1. The van der Waals surface area contributed by atoms with Crippen LogP contribution in [0, 0.1) is 11.3 Å². The minimum Gasteiger partial charge on any atom is -0.495 e. The first kappa shape index (κ1) is 18.4. The first-order valence-electron chi connectivity index (χ1n) is 7.48. The predicted molar refractivity (Wildman–Crippen MR) is 101 cm³/mol. The normalized spacial score (nSPS) is 10.8. The molecule has 1 amide bonds. The Bertz CT molecular complexity index is 837. The molecule has 0 heterocycles. The number of amides is 1. The summed E-state index contributed by atoms with van der Waals surface area (Å²) < 4.78 is 5.07. The van der Waals surface area contributed by atoms with E-state index in [-0.39, 0.29) is 5.57 Å². The molecule has 0 aliphatic heterocycles. The molecule has 0 bridgehead atoms. The Morgan fingerprint density at radius 1 is 1.24 bits per heavy atom. The van der Waals surface area contributed by atoms with E-state index in [0.29, 0.717) is 16.5 Å². The lowest BCUT2D eigenvalue weighted by atomic mass is 10.1. The Morgan fingerprint density at radius 2 is 1.92 bits per heavy atom. The Balaban J connectivity index is 2.18. The number of carbonyl (C=O) groups excluding carboxylic acids is 1. The van der Waals surface area contributed by atoms with Crippen LogP contribution < -0.4 is 15.0 Å². The molecule has 0 unspecified atom stereocenters. The molecule has 0 saturated heterocycles. The summed E-state index contributed by atoms with van der Waals surface area (Å²) in [4.78, 5) is 14.3. The molecule has 25 heavy (non-hydrogen) atoms. The van der Waals surface area contributed by atoms with Crippen molar-refractivity contribution in [3.8, 4) is 11.8 Å². The lowest BCUT2D eigenvalue weighted by Gasteiger charge is -2.12. The van der Waals surface area contributed by atoms with Gasteiger partial charge in [0, 0.05) is 25.5 Å². The highest BCUT2D eigenvalue weighted by Crippen LogP contribution is 2.27. The zero-order valence-corrected chi connectivity index (χ0v) is 15.0. The maximum atomic E-state index is 12.3. The van der Waals surface area contributed by atoms with Gasteiger partial charge >= 0.3 is 0 Å².